The Kier molecular flexibility index (Phi) is 13.8. The van der Waals surface area contributed by atoms with E-state index in [0.717, 1.165) is 37.3 Å². The second-order valence-electron chi connectivity index (χ2n) is 16.1. The summed E-state index contributed by atoms with van der Waals surface area (Å²) < 4.78 is 2.46. The van der Waals surface area contributed by atoms with E-state index in [-0.39, 0.29) is 11.5 Å². The predicted molar refractivity (Wildman–Crippen MR) is 228 cm³/mol. The number of carbonyl (C=O) groups is 1. The number of Topliss-reactive ketones (excluding diaryl/α,β-unsaturated/α-hetero) is 1. The maximum Gasteiger partial charge on any atom is 0.211 e. The van der Waals surface area contributed by atoms with Crippen LogP contribution < -0.4 is 10.0 Å². The number of ketones is 1. The fourth-order valence-corrected chi connectivity index (χ4v) is 8.73. The Morgan fingerprint density at radius 2 is 1.19 bits per heavy atom. The molecule has 0 saturated heterocycles. The van der Waals surface area contributed by atoms with Crippen molar-refractivity contribution in [1.82, 2.24) is 0 Å². The lowest BCUT2D eigenvalue weighted by molar-refractivity contribution is -0.449. The maximum atomic E-state index is 13.7. The van der Waals surface area contributed by atoms with E-state index in [9.17, 15) is 9.90 Å². The number of hydrogen-bond donors (Lipinski definition) is 0. The largest absolute Gasteiger partial charge is 0.871 e. The maximum absolute atomic E-state index is 13.7. The van der Waals surface area contributed by atoms with Gasteiger partial charge in [0.15, 0.2) is 12.3 Å². The molecule has 0 N–H and O–H groups in total. The van der Waals surface area contributed by atoms with Crippen molar-refractivity contribution >= 4 is 34.1 Å². The summed E-state index contributed by atoms with van der Waals surface area (Å²) in [5.41, 5.74) is 14.2. The minimum absolute atomic E-state index is 0.166. The van der Waals surface area contributed by atoms with Gasteiger partial charge < -0.3 is 10.0 Å². The van der Waals surface area contributed by atoms with Crippen molar-refractivity contribution in [2.75, 3.05) is 18.0 Å². The van der Waals surface area contributed by atoms with Crippen LogP contribution in [0.2, 0.25) is 0 Å². The topological polar surface area (TPSA) is 46.4 Å². The molecule has 0 heterocycles. The molecule has 0 aliphatic heterocycles. The predicted octanol–water partition coefficient (Wildman–Crippen LogP) is 12.0. The summed E-state index contributed by atoms with van der Waals surface area (Å²) in [6, 6.07) is 17.2. The molecule has 54 heavy (non-hydrogen) atoms. The Hall–Kier alpha value is -4.44. The number of rotatable bonds is 16. The number of carbonyl (C=O) groups excluding carboxylic acids is 1. The molecule has 5 rings (SSSR count). The first-order chi connectivity index (χ1) is 25.9. The van der Waals surface area contributed by atoms with Crippen LogP contribution in [-0.2, 0) is 4.79 Å². The van der Waals surface area contributed by atoms with E-state index < -0.39 is 0 Å². The fourth-order valence-electron chi connectivity index (χ4n) is 8.73. The number of allylic oxidation sites excluding steroid dienone is 7. The van der Waals surface area contributed by atoms with Crippen LogP contribution in [0.1, 0.15) is 118 Å². The van der Waals surface area contributed by atoms with Crippen LogP contribution in [0.15, 0.2) is 89.7 Å². The van der Waals surface area contributed by atoms with Gasteiger partial charge in [-0.2, -0.15) is 4.58 Å². The summed E-state index contributed by atoms with van der Waals surface area (Å²) in [5, 5.41) is 13.7. The molecule has 0 spiro atoms. The van der Waals surface area contributed by atoms with Crippen molar-refractivity contribution in [2.24, 2.45) is 11.8 Å². The third-order valence-corrected chi connectivity index (χ3v) is 11.6. The van der Waals surface area contributed by atoms with Gasteiger partial charge in [0.1, 0.15) is 0 Å². The lowest BCUT2D eigenvalue weighted by Crippen LogP contribution is -2.30. The van der Waals surface area contributed by atoms with Crippen LogP contribution in [0.5, 0.6) is 0 Å². The molecule has 2 aliphatic rings. The quantitative estimate of drug-likeness (QED) is 0.109. The van der Waals surface area contributed by atoms with Gasteiger partial charge in [-0.25, -0.2) is 0 Å². The van der Waals surface area contributed by atoms with Gasteiger partial charge in [0.2, 0.25) is 11.4 Å². The van der Waals surface area contributed by atoms with Crippen LogP contribution in [0.25, 0.3) is 5.57 Å². The van der Waals surface area contributed by atoms with Crippen LogP contribution >= 0.6 is 0 Å². The zero-order valence-electron chi connectivity index (χ0n) is 34.9. The highest BCUT2D eigenvalue weighted by molar-refractivity contribution is 6.39. The summed E-state index contributed by atoms with van der Waals surface area (Å²) >= 11 is 0. The molecule has 0 amide bonds. The molecule has 2 aliphatic carbocycles. The van der Waals surface area contributed by atoms with E-state index in [1.54, 1.807) is 0 Å². The molecule has 286 valence electrons. The second kappa shape index (κ2) is 18.3. The van der Waals surface area contributed by atoms with E-state index >= 15 is 0 Å². The average Bonchev–Trinajstić information content (AvgIpc) is 3.13. The van der Waals surface area contributed by atoms with Gasteiger partial charge in [0, 0.05) is 58.3 Å². The standard InChI is InChI=1S/C50H64N2O2/c1-11-15-17-39(13-3)31-51(47-35(7)27-33(5)28-36(47)8)43-23-19-41(20-24-43)45-49(53)46(50(45)54)42-21-25-44(26-22-42)52(32-40(14-4)18-16-12-2)48-37(9)29-34(6)30-38(48)10/h19-30,39-40H,11-18,31-32H2,1-10H3. The molecule has 0 radical (unpaired) electrons. The average molecular weight is 725 g/mol. The van der Waals surface area contributed by atoms with Crippen molar-refractivity contribution in [2.45, 2.75) is 121 Å². The van der Waals surface area contributed by atoms with Crippen LogP contribution in [0.4, 0.5) is 17.1 Å². The normalized spacial score (nSPS) is 15.2. The number of aryl methyl sites for hydroxylation is 6. The molecule has 2 unspecified atom stereocenters. The van der Waals surface area contributed by atoms with E-state index in [1.165, 1.54) is 83.3 Å². The summed E-state index contributed by atoms with van der Waals surface area (Å²) in [6.45, 7) is 24.1. The van der Waals surface area contributed by atoms with Gasteiger partial charge in [-0.15, -0.1) is 0 Å². The lowest BCUT2D eigenvalue weighted by atomic mass is 9.80. The Labute approximate surface area is 326 Å². The first kappa shape index (κ1) is 40.7. The van der Waals surface area contributed by atoms with Crippen LogP contribution in [0.3, 0.4) is 0 Å². The fraction of sp³-hybridized carbons (Fsp3) is 0.440. The summed E-state index contributed by atoms with van der Waals surface area (Å²) in [5.74, 6) is 0.814. The molecule has 2 atom stereocenters. The minimum Gasteiger partial charge on any atom is -0.871 e. The first-order valence-corrected chi connectivity index (χ1v) is 20.7. The molecule has 0 fully saturated rings. The Balaban J connectivity index is 1.47. The number of nitrogens with zero attached hydrogens (tertiary/aromatic N) is 2. The number of anilines is 2. The highest BCUT2D eigenvalue weighted by Gasteiger charge is 2.32. The van der Waals surface area contributed by atoms with Gasteiger partial charge in [0.25, 0.3) is 0 Å². The van der Waals surface area contributed by atoms with Gasteiger partial charge in [0.05, 0.1) is 0 Å². The zero-order valence-corrected chi connectivity index (χ0v) is 34.9. The van der Waals surface area contributed by atoms with Crippen molar-refractivity contribution in [3.05, 3.63) is 129 Å². The highest BCUT2D eigenvalue weighted by atomic mass is 16.3. The summed E-state index contributed by atoms with van der Waals surface area (Å²) in [4.78, 5) is 16.2. The molecule has 4 heteroatoms. The molecular formula is C50H64N2O2. The van der Waals surface area contributed by atoms with Crippen molar-refractivity contribution in [3.8, 4) is 0 Å². The molecule has 0 saturated carbocycles. The van der Waals surface area contributed by atoms with Crippen molar-refractivity contribution in [1.29, 1.82) is 0 Å². The Morgan fingerprint density at radius 3 is 1.69 bits per heavy atom. The minimum atomic E-state index is -0.166. The number of benzene rings is 3. The molecule has 4 nitrogen and oxygen atoms in total. The number of unbranched alkanes of at least 4 members (excludes halogenated alkanes) is 2. The number of hydrogen-bond acceptors (Lipinski definition) is 3. The Morgan fingerprint density at radius 1 is 0.667 bits per heavy atom. The lowest BCUT2D eigenvalue weighted by Gasteiger charge is -2.34. The third-order valence-electron chi connectivity index (χ3n) is 11.6. The van der Waals surface area contributed by atoms with Crippen LogP contribution in [-0.4, -0.2) is 29.2 Å². The second-order valence-corrected chi connectivity index (χ2v) is 16.1. The van der Waals surface area contributed by atoms with Crippen LogP contribution in [0, 0.1) is 53.4 Å². The van der Waals surface area contributed by atoms with Crippen molar-refractivity contribution < 1.29 is 14.5 Å². The van der Waals surface area contributed by atoms with Crippen molar-refractivity contribution in [3.63, 3.8) is 0 Å². The highest BCUT2D eigenvalue weighted by Crippen LogP contribution is 2.40. The SMILES string of the molecule is CCCCC(CC)CN(c1ccc(C2=C([O-])C(=C3C=CC(=[N+](CC(CC)CCCC)c4c(C)cc(C)cc4C)C=C3)C2=O)cc1)c1c(C)cc(C)cc1C. The van der Waals surface area contributed by atoms with Gasteiger partial charge >= 0.3 is 0 Å². The molecule has 0 aromatic heterocycles. The zero-order chi connectivity index (χ0) is 39.1. The van der Waals surface area contributed by atoms with Gasteiger partial charge in [-0.3, -0.25) is 4.79 Å². The van der Waals surface area contributed by atoms with E-state index in [2.05, 4.69) is 127 Å². The summed E-state index contributed by atoms with van der Waals surface area (Å²) in [7, 11) is 0. The molecular weight excluding hydrogens is 661 g/mol. The Bertz CT molecular complexity index is 1940. The van der Waals surface area contributed by atoms with E-state index in [4.69, 9.17) is 0 Å². The smallest absolute Gasteiger partial charge is 0.211 e. The third kappa shape index (κ3) is 8.91. The monoisotopic (exact) mass is 724 g/mol. The van der Waals surface area contributed by atoms with E-state index in [1.807, 2.05) is 24.3 Å². The summed E-state index contributed by atoms with van der Waals surface area (Å²) in [6.07, 6.45) is 17.6. The molecule has 3 aromatic carbocycles. The molecule has 0 bridgehead atoms. The van der Waals surface area contributed by atoms with E-state index in [0.29, 0.717) is 34.1 Å². The van der Waals surface area contributed by atoms with Gasteiger partial charge in [-0.05, 0) is 125 Å². The first-order valence-electron chi connectivity index (χ1n) is 20.7. The van der Waals surface area contributed by atoms with Gasteiger partial charge in [-0.1, -0.05) is 101 Å². The molecule has 3 aromatic rings.